The van der Waals surface area contributed by atoms with Crippen LogP contribution in [0.25, 0.3) is 10.2 Å². The van der Waals surface area contributed by atoms with Crippen LogP contribution in [-0.4, -0.2) is 22.4 Å². The third kappa shape index (κ3) is 3.03. The second-order valence-electron chi connectivity index (χ2n) is 5.75. The monoisotopic (exact) mass is 354 g/mol. The lowest BCUT2D eigenvalue weighted by Gasteiger charge is -2.15. The molecule has 8 heteroatoms. The van der Waals surface area contributed by atoms with Gasteiger partial charge in [0.2, 0.25) is 5.91 Å². The van der Waals surface area contributed by atoms with Crippen LogP contribution in [-0.2, 0) is 4.79 Å². The van der Waals surface area contributed by atoms with Crippen molar-refractivity contribution in [3.63, 3.8) is 0 Å². The van der Waals surface area contributed by atoms with Crippen LogP contribution < -0.4 is 10.2 Å². The Labute approximate surface area is 147 Å². The first-order chi connectivity index (χ1) is 12.1. The molecule has 1 aromatic heterocycles. The lowest BCUT2D eigenvalue weighted by Crippen LogP contribution is -2.23. The van der Waals surface area contributed by atoms with E-state index in [9.17, 15) is 14.9 Å². The van der Waals surface area contributed by atoms with Gasteiger partial charge in [0.15, 0.2) is 5.13 Å². The minimum Gasteiger partial charge on any atom is -0.332 e. The van der Waals surface area contributed by atoms with E-state index in [0.29, 0.717) is 11.6 Å². The Morgan fingerprint density at radius 1 is 1.20 bits per heavy atom. The van der Waals surface area contributed by atoms with Gasteiger partial charge in [0, 0.05) is 36.5 Å². The first kappa shape index (κ1) is 15.5. The number of nitrogens with one attached hydrogen (secondary N) is 1. The standard InChI is InChI=1S/C17H14N4O3S/c22-16-2-1-9-20(16)12-5-3-11(4-6-12)18-17-19-14-8-7-13(21(23)24)10-15(14)25-17/h3-8,10H,1-2,9H2,(H,18,19). The molecule has 0 radical (unpaired) electrons. The van der Waals surface area contributed by atoms with Crippen molar-refractivity contribution in [3.05, 3.63) is 52.6 Å². The lowest BCUT2D eigenvalue weighted by molar-refractivity contribution is -0.384. The number of fused-ring (bicyclic) bond motifs is 1. The van der Waals surface area contributed by atoms with Crippen molar-refractivity contribution in [3.8, 4) is 0 Å². The SMILES string of the molecule is O=C1CCCN1c1ccc(Nc2nc3ccc([N+](=O)[O-])cc3s2)cc1. The van der Waals surface area contributed by atoms with Gasteiger partial charge in [0.05, 0.1) is 15.1 Å². The predicted octanol–water partition coefficient (Wildman–Crippen LogP) is 4.07. The summed E-state index contributed by atoms with van der Waals surface area (Å²) in [6, 6.07) is 12.2. The fourth-order valence-electron chi connectivity index (χ4n) is 2.85. The fourth-order valence-corrected chi connectivity index (χ4v) is 3.77. The number of hydrogen-bond acceptors (Lipinski definition) is 6. The summed E-state index contributed by atoms with van der Waals surface area (Å²) >= 11 is 1.36. The zero-order valence-corrected chi connectivity index (χ0v) is 14.0. The lowest BCUT2D eigenvalue weighted by atomic mass is 10.2. The van der Waals surface area contributed by atoms with Gasteiger partial charge < -0.3 is 10.2 Å². The highest BCUT2D eigenvalue weighted by Gasteiger charge is 2.21. The summed E-state index contributed by atoms with van der Waals surface area (Å²) in [5.41, 5.74) is 2.52. The van der Waals surface area contributed by atoms with E-state index in [1.165, 1.54) is 23.5 Å². The molecule has 4 rings (SSSR count). The smallest absolute Gasteiger partial charge is 0.270 e. The number of benzene rings is 2. The summed E-state index contributed by atoms with van der Waals surface area (Å²) in [5, 5.41) is 14.7. The van der Waals surface area contributed by atoms with Crippen LogP contribution in [0, 0.1) is 10.1 Å². The Morgan fingerprint density at radius 3 is 2.68 bits per heavy atom. The number of carbonyl (C=O) groups is 1. The molecule has 126 valence electrons. The normalized spacial score (nSPS) is 14.2. The average Bonchev–Trinajstić information content (AvgIpc) is 3.20. The fraction of sp³-hybridized carbons (Fsp3) is 0.176. The highest BCUT2D eigenvalue weighted by molar-refractivity contribution is 7.22. The molecule has 1 fully saturated rings. The molecule has 2 aromatic carbocycles. The average molecular weight is 354 g/mol. The van der Waals surface area contributed by atoms with Gasteiger partial charge in [0.25, 0.3) is 5.69 Å². The largest absolute Gasteiger partial charge is 0.332 e. The first-order valence-electron chi connectivity index (χ1n) is 7.82. The van der Waals surface area contributed by atoms with E-state index >= 15 is 0 Å². The maximum absolute atomic E-state index is 11.8. The van der Waals surface area contributed by atoms with Gasteiger partial charge in [-0.3, -0.25) is 14.9 Å². The highest BCUT2D eigenvalue weighted by atomic mass is 32.1. The zero-order chi connectivity index (χ0) is 17.4. The molecular formula is C17H14N4O3S. The molecule has 1 N–H and O–H groups in total. The van der Waals surface area contributed by atoms with E-state index in [2.05, 4.69) is 10.3 Å². The molecule has 0 saturated carbocycles. The van der Waals surface area contributed by atoms with Crippen LogP contribution in [0.4, 0.5) is 22.2 Å². The Kier molecular flexibility index (Phi) is 3.81. The van der Waals surface area contributed by atoms with Gasteiger partial charge in [-0.15, -0.1) is 0 Å². The van der Waals surface area contributed by atoms with Gasteiger partial charge >= 0.3 is 0 Å². The van der Waals surface area contributed by atoms with Gasteiger partial charge in [-0.05, 0) is 36.8 Å². The number of carbonyl (C=O) groups excluding carboxylic acids is 1. The molecule has 0 bridgehead atoms. The van der Waals surface area contributed by atoms with Crippen molar-refractivity contribution in [1.29, 1.82) is 0 Å². The van der Waals surface area contributed by atoms with Crippen LogP contribution >= 0.6 is 11.3 Å². The number of amides is 1. The zero-order valence-electron chi connectivity index (χ0n) is 13.1. The summed E-state index contributed by atoms with van der Waals surface area (Å²) in [6.07, 6.45) is 1.51. The third-order valence-electron chi connectivity index (χ3n) is 4.09. The van der Waals surface area contributed by atoms with Crippen LogP contribution in [0.2, 0.25) is 0 Å². The number of nitrogens with zero attached hydrogens (tertiary/aromatic N) is 3. The van der Waals surface area contributed by atoms with E-state index in [1.807, 2.05) is 24.3 Å². The Hall–Kier alpha value is -3.00. The van der Waals surface area contributed by atoms with Crippen LogP contribution in [0.3, 0.4) is 0 Å². The van der Waals surface area contributed by atoms with E-state index in [4.69, 9.17) is 0 Å². The number of aromatic nitrogens is 1. The topological polar surface area (TPSA) is 88.4 Å². The number of rotatable bonds is 4. The molecule has 1 saturated heterocycles. The number of thiazole rings is 1. The molecule has 7 nitrogen and oxygen atoms in total. The third-order valence-corrected chi connectivity index (χ3v) is 5.02. The van der Waals surface area contributed by atoms with E-state index in [-0.39, 0.29) is 11.6 Å². The minimum atomic E-state index is -0.412. The molecule has 1 amide bonds. The van der Waals surface area contributed by atoms with Gasteiger partial charge in [-0.1, -0.05) is 11.3 Å². The molecule has 0 unspecified atom stereocenters. The maximum Gasteiger partial charge on any atom is 0.270 e. The van der Waals surface area contributed by atoms with Crippen LogP contribution in [0.15, 0.2) is 42.5 Å². The number of nitro benzene ring substituents is 1. The first-order valence-corrected chi connectivity index (χ1v) is 8.64. The molecular weight excluding hydrogens is 340 g/mol. The van der Waals surface area contributed by atoms with E-state index in [0.717, 1.165) is 34.6 Å². The minimum absolute atomic E-state index is 0.0577. The van der Waals surface area contributed by atoms with Gasteiger partial charge in [0.1, 0.15) is 0 Å². The quantitative estimate of drug-likeness (QED) is 0.563. The molecule has 3 aromatic rings. The second kappa shape index (κ2) is 6.14. The highest BCUT2D eigenvalue weighted by Crippen LogP contribution is 2.31. The number of nitro groups is 1. The molecule has 1 aliphatic heterocycles. The van der Waals surface area contributed by atoms with Crippen LogP contribution in [0.5, 0.6) is 0 Å². The number of anilines is 3. The Morgan fingerprint density at radius 2 is 2.00 bits per heavy atom. The maximum atomic E-state index is 11.8. The van der Waals surface area contributed by atoms with E-state index in [1.54, 1.807) is 11.0 Å². The van der Waals surface area contributed by atoms with Crippen molar-refractivity contribution in [1.82, 2.24) is 4.98 Å². The molecule has 0 atom stereocenters. The van der Waals surface area contributed by atoms with Crippen molar-refractivity contribution in [2.45, 2.75) is 12.8 Å². The Bertz CT molecular complexity index is 968. The van der Waals surface area contributed by atoms with Crippen molar-refractivity contribution >= 4 is 49.7 Å². The summed E-state index contributed by atoms with van der Waals surface area (Å²) < 4.78 is 0.760. The van der Waals surface area contributed by atoms with Crippen molar-refractivity contribution in [2.75, 3.05) is 16.8 Å². The second-order valence-corrected chi connectivity index (χ2v) is 6.78. The molecule has 0 spiro atoms. The van der Waals surface area contributed by atoms with E-state index < -0.39 is 4.92 Å². The van der Waals surface area contributed by atoms with Gasteiger partial charge in [-0.25, -0.2) is 4.98 Å². The van der Waals surface area contributed by atoms with Crippen LogP contribution in [0.1, 0.15) is 12.8 Å². The summed E-state index contributed by atoms with van der Waals surface area (Å²) in [5.74, 6) is 0.161. The molecule has 1 aliphatic rings. The summed E-state index contributed by atoms with van der Waals surface area (Å²) in [6.45, 7) is 0.766. The van der Waals surface area contributed by atoms with Gasteiger partial charge in [-0.2, -0.15) is 0 Å². The predicted molar refractivity (Wildman–Crippen MR) is 97.6 cm³/mol. The molecule has 0 aliphatic carbocycles. The van der Waals surface area contributed by atoms with Crippen molar-refractivity contribution in [2.24, 2.45) is 0 Å². The summed E-state index contributed by atoms with van der Waals surface area (Å²) in [7, 11) is 0. The van der Waals surface area contributed by atoms with Crippen molar-refractivity contribution < 1.29 is 9.72 Å². The number of non-ortho nitro benzene ring substituents is 1. The molecule has 25 heavy (non-hydrogen) atoms. The summed E-state index contributed by atoms with van der Waals surface area (Å²) in [4.78, 5) is 28.5. The molecule has 2 heterocycles. The Balaban J connectivity index is 1.54. The number of hydrogen-bond donors (Lipinski definition) is 1.